The van der Waals surface area contributed by atoms with Crippen LogP contribution in [0.3, 0.4) is 0 Å². The van der Waals surface area contributed by atoms with Gasteiger partial charge in [0.25, 0.3) is 0 Å². The highest BCUT2D eigenvalue weighted by molar-refractivity contribution is 5.66. The summed E-state index contributed by atoms with van der Waals surface area (Å²) in [5, 5.41) is 12.2. The molecule has 0 aliphatic carbocycles. The molecule has 0 saturated carbocycles. The molecular formula is C19H37NO3. The van der Waals surface area contributed by atoms with Gasteiger partial charge < -0.3 is 15.2 Å². The quantitative estimate of drug-likeness (QED) is 0.330. The van der Waals surface area contributed by atoms with Crippen molar-refractivity contribution in [2.75, 3.05) is 13.7 Å². The molecule has 2 N–H and O–H groups in total. The molecule has 0 aromatic heterocycles. The van der Waals surface area contributed by atoms with E-state index in [0.29, 0.717) is 6.61 Å². The predicted molar refractivity (Wildman–Crippen MR) is 96.6 cm³/mol. The molecule has 4 nitrogen and oxygen atoms in total. The van der Waals surface area contributed by atoms with Crippen LogP contribution in [0, 0.1) is 0 Å². The minimum atomic E-state index is -0.343. The lowest BCUT2D eigenvalue weighted by Crippen LogP contribution is -2.19. The van der Waals surface area contributed by atoms with E-state index in [1.54, 1.807) is 7.05 Å². The molecule has 0 fully saturated rings. The van der Waals surface area contributed by atoms with Crippen LogP contribution in [0.1, 0.15) is 84.0 Å². The Bertz CT molecular complexity index is 292. The third-order valence-electron chi connectivity index (χ3n) is 3.91. The van der Waals surface area contributed by atoms with Crippen molar-refractivity contribution in [2.24, 2.45) is 0 Å². The molecule has 0 bridgehead atoms. The van der Waals surface area contributed by atoms with Gasteiger partial charge in [0.15, 0.2) is 0 Å². The monoisotopic (exact) mass is 327 g/mol. The van der Waals surface area contributed by atoms with Crippen LogP contribution < -0.4 is 5.32 Å². The van der Waals surface area contributed by atoms with Gasteiger partial charge in [-0.15, -0.1) is 0 Å². The van der Waals surface area contributed by atoms with Gasteiger partial charge in [-0.1, -0.05) is 70.4 Å². The summed E-state index contributed by atoms with van der Waals surface area (Å²) in [6, 6.07) is 0. The van der Waals surface area contributed by atoms with E-state index in [1.807, 2.05) is 6.08 Å². The summed E-state index contributed by atoms with van der Waals surface area (Å²) in [5.41, 5.74) is 0. The zero-order valence-corrected chi connectivity index (χ0v) is 15.2. The number of nitrogens with one attached hydrogen (secondary N) is 1. The predicted octanol–water partition coefficient (Wildman–Crippen LogP) is 4.96. The molecular weight excluding hydrogens is 290 g/mol. The zero-order chi connectivity index (χ0) is 17.2. The van der Waals surface area contributed by atoms with E-state index in [9.17, 15) is 9.90 Å². The van der Waals surface area contributed by atoms with E-state index in [1.165, 1.54) is 44.9 Å². The summed E-state index contributed by atoms with van der Waals surface area (Å²) in [6.07, 6.45) is 17.2. The Labute approximate surface area is 142 Å². The van der Waals surface area contributed by atoms with E-state index in [-0.39, 0.29) is 12.2 Å². The average Bonchev–Trinajstić information content (AvgIpc) is 2.56. The molecule has 136 valence electrons. The maximum Gasteiger partial charge on any atom is 0.406 e. The number of allylic oxidation sites excluding steroid dienone is 1. The molecule has 4 heteroatoms. The first-order chi connectivity index (χ1) is 11.2. The highest BCUT2D eigenvalue weighted by Crippen LogP contribution is 2.09. The third-order valence-corrected chi connectivity index (χ3v) is 3.91. The fourth-order valence-electron chi connectivity index (χ4n) is 2.44. The van der Waals surface area contributed by atoms with Crippen molar-refractivity contribution in [1.29, 1.82) is 0 Å². The third kappa shape index (κ3) is 17.2. The Morgan fingerprint density at radius 2 is 1.70 bits per heavy atom. The molecule has 1 amide bonds. The van der Waals surface area contributed by atoms with Crippen molar-refractivity contribution >= 4 is 6.09 Å². The Hall–Kier alpha value is -1.03. The highest BCUT2D eigenvalue weighted by atomic mass is 16.5. The van der Waals surface area contributed by atoms with Crippen LogP contribution in [0.25, 0.3) is 0 Å². The van der Waals surface area contributed by atoms with Crippen molar-refractivity contribution < 1.29 is 14.6 Å². The first kappa shape index (κ1) is 22.0. The van der Waals surface area contributed by atoms with E-state index in [4.69, 9.17) is 4.74 Å². The summed E-state index contributed by atoms with van der Waals surface area (Å²) in [6.45, 7) is 2.72. The van der Waals surface area contributed by atoms with Gasteiger partial charge in [0, 0.05) is 7.05 Å². The van der Waals surface area contributed by atoms with Gasteiger partial charge in [0.05, 0.1) is 12.7 Å². The Morgan fingerprint density at radius 3 is 2.39 bits per heavy atom. The normalized spacial score (nSPS) is 12.5. The SMILES string of the molecule is CCCCCCC(O)/C=C\CCCCCCCCOC(=O)NC. The Balaban J connectivity index is 3.25. The van der Waals surface area contributed by atoms with E-state index < -0.39 is 0 Å². The molecule has 0 saturated heterocycles. The fourth-order valence-corrected chi connectivity index (χ4v) is 2.44. The van der Waals surface area contributed by atoms with Crippen molar-refractivity contribution in [3.8, 4) is 0 Å². The Morgan fingerprint density at radius 1 is 1.04 bits per heavy atom. The number of hydrogen-bond acceptors (Lipinski definition) is 3. The number of aliphatic hydroxyl groups is 1. The molecule has 23 heavy (non-hydrogen) atoms. The van der Waals surface area contributed by atoms with Crippen LogP contribution >= 0.6 is 0 Å². The van der Waals surface area contributed by atoms with Crippen molar-refractivity contribution in [1.82, 2.24) is 5.32 Å². The minimum absolute atomic E-state index is 0.257. The molecule has 1 unspecified atom stereocenters. The maximum absolute atomic E-state index is 10.8. The number of amides is 1. The van der Waals surface area contributed by atoms with Crippen LogP contribution in [0.15, 0.2) is 12.2 Å². The molecule has 0 aliphatic heterocycles. The molecule has 0 heterocycles. The summed E-state index contributed by atoms with van der Waals surface area (Å²) < 4.78 is 4.93. The second-order valence-electron chi connectivity index (χ2n) is 6.14. The van der Waals surface area contributed by atoms with Gasteiger partial charge in [-0.3, -0.25) is 0 Å². The van der Waals surface area contributed by atoms with Crippen molar-refractivity contribution in [3.63, 3.8) is 0 Å². The summed E-state index contributed by atoms with van der Waals surface area (Å²) >= 11 is 0. The molecule has 0 rings (SSSR count). The number of carbonyl (C=O) groups is 1. The van der Waals surface area contributed by atoms with Crippen LogP contribution in [-0.2, 0) is 4.74 Å². The number of carbonyl (C=O) groups excluding carboxylic acids is 1. The highest BCUT2D eigenvalue weighted by Gasteiger charge is 1.98. The first-order valence-corrected chi connectivity index (χ1v) is 9.40. The minimum Gasteiger partial charge on any atom is -0.450 e. The van der Waals surface area contributed by atoms with Gasteiger partial charge in [0.1, 0.15) is 0 Å². The Kier molecular flexibility index (Phi) is 16.5. The molecule has 0 spiro atoms. The van der Waals surface area contributed by atoms with E-state index in [2.05, 4.69) is 18.3 Å². The van der Waals surface area contributed by atoms with Crippen LogP contribution in [-0.4, -0.2) is 31.0 Å². The van der Waals surface area contributed by atoms with Gasteiger partial charge in [0.2, 0.25) is 0 Å². The van der Waals surface area contributed by atoms with Gasteiger partial charge >= 0.3 is 6.09 Å². The fraction of sp³-hybridized carbons (Fsp3) is 0.842. The topological polar surface area (TPSA) is 58.6 Å². The van der Waals surface area contributed by atoms with E-state index in [0.717, 1.165) is 32.1 Å². The zero-order valence-electron chi connectivity index (χ0n) is 15.2. The number of rotatable bonds is 15. The smallest absolute Gasteiger partial charge is 0.406 e. The second kappa shape index (κ2) is 17.3. The lowest BCUT2D eigenvalue weighted by atomic mass is 10.1. The number of unbranched alkanes of at least 4 members (excludes halogenated alkanes) is 9. The lowest BCUT2D eigenvalue weighted by molar-refractivity contribution is 0.146. The van der Waals surface area contributed by atoms with Crippen molar-refractivity contribution in [2.45, 2.75) is 90.1 Å². The summed E-state index contributed by atoms with van der Waals surface area (Å²) in [5.74, 6) is 0. The number of aliphatic hydroxyl groups excluding tert-OH is 1. The van der Waals surface area contributed by atoms with Gasteiger partial charge in [-0.2, -0.15) is 0 Å². The maximum atomic E-state index is 10.8. The second-order valence-corrected chi connectivity index (χ2v) is 6.14. The molecule has 1 atom stereocenters. The number of alkyl carbamates (subject to hydrolysis) is 1. The average molecular weight is 328 g/mol. The molecule has 0 aliphatic rings. The standard InChI is InChI=1S/C19H37NO3/c1-3-4-5-12-15-18(21)16-13-10-8-6-7-9-11-14-17-23-19(22)20-2/h13,16,18,21H,3-12,14-15,17H2,1-2H3,(H,20,22)/b16-13-. The first-order valence-electron chi connectivity index (χ1n) is 9.40. The van der Waals surface area contributed by atoms with Crippen LogP contribution in [0.4, 0.5) is 4.79 Å². The van der Waals surface area contributed by atoms with Crippen molar-refractivity contribution in [3.05, 3.63) is 12.2 Å². The molecule has 0 aromatic rings. The molecule has 0 aromatic carbocycles. The van der Waals surface area contributed by atoms with Gasteiger partial charge in [-0.25, -0.2) is 4.79 Å². The number of hydrogen-bond donors (Lipinski definition) is 2. The lowest BCUT2D eigenvalue weighted by Gasteiger charge is -2.05. The van der Waals surface area contributed by atoms with Crippen LogP contribution in [0.2, 0.25) is 0 Å². The number of ether oxygens (including phenoxy) is 1. The van der Waals surface area contributed by atoms with Gasteiger partial charge in [-0.05, 0) is 25.7 Å². The van der Waals surface area contributed by atoms with Crippen LogP contribution in [0.5, 0.6) is 0 Å². The summed E-state index contributed by atoms with van der Waals surface area (Å²) in [4.78, 5) is 10.8. The molecule has 0 radical (unpaired) electrons. The largest absolute Gasteiger partial charge is 0.450 e. The van der Waals surface area contributed by atoms with E-state index >= 15 is 0 Å². The summed E-state index contributed by atoms with van der Waals surface area (Å²) in [7, 11) is 1.57.